The summed E-state index contributed by atoms with van der Waals surface area (Å²) in [6.45, 7) is 0.296. The molecule has 0 aliphatic heterocycles. The first-order valence-electron chi connectivity index (χ1n) is 8.57. The molecular formula is C20H17ClFN5O. The number of hydrogen-bond acceptors (Lipinski definition) is 4. The number of anilines is 1. The van der Waals surface area contributed by atoms with E-state index in [2.05, 4.69) is 16.5 Å². The number of halogens is 2. The van der Waals surface area contributed by atoms with Crippen LogP contribution in [0.25, 0.3) is 5.69 Å². The molecule has 8 heteroatoms. The van der Waals surface area contributed by atoms with E-state index in [0.29, 0.717) is 30.6 Å². The predicted octanol–water partition coefficient (Wildman–Crippen LogP) is 3.48. The van der Waals surface area contributed by atoms with Crippen LogP contribution in [0.2, 0.25) is 5.02 Å². The number of carbonyl (C=O) groups excluding carboxylic acids is 1. The van der Waals surface area contributed by atoms with Crippen LogP contribution >= 0.6 is 11.6 Å². The summed E-state index contributed by atoms with van der Waals surface area (Å²) in [7, 11) is 0. The van der Waals surface area contributed by atoms with Gasteiger partial charge in [-0.1, -0.05) is 29.8 Å². The molecule has 0 radical (unpaired) electrons. The number of rotatable bonds is 6. The molecule has 1 aromatic heterocycles. The largest absolute Gasteiger partial charge is 0.382 e. The van der Waals surface area contributed by atoms with Crippen LogP contribution < -0.4 is 11.1 Å². The van der Waals surface area contributed by atoms with Crippen molar-refractivity contribution in [3.8, 4) is 11.8 Å². The van der Waals surface area contributed by atoms with Crippen LogP contribution in [0.15, 0.2) is 48.5 Å². The second-order valence-corrected chi connectivity index (χ2v) is 6.49. The van der Waals surface area contributed by atoms with Gasteiger partial charge in [0.25, 0.3) is 5.91 Å². The fraction of sp³-hybridized carbons (Fsp3) is 0.150. The molecule has 3 rings (SSSR count). The highest BCUT2D eigenvalue weighted by Crippen LogP contribution is 2.21. The van der Waals surface area contributed by atoms with E-state index in [-0.39, 0.29) is 16.4 Å². The second-order valence-electron chi connectivity index (χ2n) is 6.05. The number of nitrogens with one attached hydrogen (secondary N) is 1. The first-order valence-corrected chi connectivity index (χ1v) is 8.95. The van der Waals surface area contributed by atoms with E-state index in [0.717, 1.165) is 11.8 Å². The molecule has 0 atom stereocenters. The van der Waals surface area contributed by atoms with Gasteiger partial charge in [-0.05, 0) is 43.2 Å². The van der Waals surface area contributed by atoms with Crippen molar-refractivity contribution in [2.75, 3.05) is 12.3 Å². The number of nitrogens with two attached hydrogens (primary N) is 1. The molecule has 0 fully saturated rings. The van der Waals surface area contributed by atoms with Crippen molar-refractivity contribution >= 4 is 23.3 Å². The summed E-state index contributed by atoms with van der Waals surface area (Å²) in [4.78, 5) is 12.1. The number of nitrogens with zero attached hydrogens (tertiary/aromatic N) is 3. The highest BCUT2D eigenvalue weighted by molar-refractivity contribution is 6.30. The minimum atomic E-state index is -0.675. The van der Waals surface area contributed by atoms with Crippen molar-refractivity contribution in [1.29, 1.82) is 5.26 Å². The fourth-order valence-corrected chi connectivity index (χ4v) is 2.93. The third kappa shape index (κ3) is 4.13. The first-order chi connectivity index (χ1) is 13.5. The highest BCUT2D eigenvalue weighted by atomic mass is 35.5. The maximum absolute atomic E-state index is 13.8. The lowest BCUT2D eigenvalue weighted by atomic mass is 10.1. The average molecular weight is 398 g/mol. The van der Waals surface area contributed by atoms with Crippen LogP contribution in [0, 0.1) is 17.1 Å². The van der Waals surface area contributed by atoms with Crippen molar-refractivity contribution in [2.45, 2.75) is 12.8 Å². The Hall–Kier alpha value is -3.37. The van der Waals surface area contributed by atoms with Gasteiger partial charge in [-0.25, -0.2) is 9.07 Å². The Morgan fingerprint density at radius 1 is 1.29 bits per heavy atom. The Labute approximate surface area is 166 Å². The first kappa shape index (κ1) is 19.4. The van der Waals surface area contributed by atoms with Gasteiger partial charge in [0.05, 0.1) is 16.9 Å². The minimum Gasteiger partial charge on any atom is -0.382 e. The van der Waals surface area contributed by atoms with Gasteiger partial charge in [-0.15, -0.1) is 0 Å². The van der Waals surface area contributed by atoms with Gasteiger partial charge >= 0.3 is 0 Å². The van der Waals surface area contributed by atoms with Crippen LogP contribution in [0.5, 0.6) is 0 Å². The van der Waals surface area contributed by atoms with Crippen LogP contribution in [0.1, 0.15) is 28.0 Å². The van der Waals surface area contributed by atoms with Crippen molar-refractivity contribution in [2.24, 2.45) is 0 Å². The number of carbonyl (C=O) groups is 1. The average Bonchev–Trinajstić information content (AvgIpc) is 3.01. The summed E-state index contributed by atoms with van der Waals surface area (Å²) in [5, 5.41) is 16.7. The quantitative estimate of drug-likeness (QED) is 0.622. The molecule has 0 aliphatic rings. The van der Waals surface area contributed by atoms with Crippen molar-refractivity contribution in [3.05, 3.63) is 76.2 Å². The van der Waals surface area contributed by atoms with E-state index in [1.165, 1.54) is 16.8 Å². The standard InChI is InChI=1S/C20H17ClFN5O/c21-13-8-9-15(17(22)11-13)20(28)25-10-4-7-18-16(12-23)19(24)27(26-18)14-5-2-1-3-6-14/h1-3,5-6,8-9,11H,4,7,10,24H2,(H,25,28). The molecular weight excluding hydrogens is 381 g/mol. The third-order valence-electron chi connectivity index (χ3n) is 4.16. The Balaban J connectivity index is 1.64. The number of aromatic nitrogens is 2. The lowest BCUT2D eigenvalue weighted by molar-refractivity contribution is 0.0949. The summed E-state index contributed by atoms with van der Waals surface area (Å²) in [5.74, 6) is -0.925. The zero-order valence-electron chi connectivity index (χ0n) is 14.8. The molecule has 1 amide bonds. The smallest absolute Gasteiger partial charge is 0.254 e. The van der Waals surface area contributed by atoms with Crippen molar-refractivity contribution < 1.29 is 9.18 Å². The summed E-state index contributed by atoms with van der Waals surface area (Å²) in [5.41, 5.74) is 7.62. The third-order valence-corrected chi connectivity index (χ3v) is 4.39. The van der Waals surface area contributed by atoms with E-state index in [1.54, 1.807) is 0 Å². The Kier molecular flexibility index (Phi) is 5.92. The van der Waals surface area contributed by atoms with Gasteiger partial charge in [0.1, 0.15) is 23.3 Å². The minimum absolute atomic E-state index is 0.0697. The zero-order valence-corrected chi connectivity index (χ0v) is 15.6. The Morgan fingerprint density at radius 3 is 2.71 bits per heavy atom. The van der Waals surface area contributed by atoms with E-state index in [9.17, 15) is 14.4 Å². The Bertz CT molecular complexity index is 1040. The van der Waals surface area contributed by atoms with E-state index < -0.39 is 11.7 Å². The molecule has 2 aromatic carbocycles. The van der Waals surface area contributed by atoms with Gasteiger partial charge in [0.2, 0.25) is 0 Å². The molecule has 0 saturated heterocycles. The molecule has 3 aromatic rings. The summed E-state index contributed by atoms with van der Waals surface area (Å²) in [6, 6.07) is 15.2. The van der Waals surface area contributed by atoms with Gasteiger partial charge in [0.15, 0.2) is 0 Å². The molecule has 0 bridgehead atoms. The Morgan fingerprint density at radius 2 is 2.04 bits per heavy atom. The number of aryl methyl sites for hydroxylation is 1. The fourth-order valence-electron chi connectivity index (χ4n) is 2.77. The molecule has 1 heterocycles. The van der Waals surface area contributed by atoms with E-state index >= 15 is 0 Å². The van der Waals surface area contributed by atoms with Gasteiger partial charge in [-0.2, -0.15) is 10.4 Å². The SMILES string of the molecule is N#Cc1c(CCCNC(=O)c2ccc(Cl)cc2F)nn(-c2ccccc2)c1N. The normalized spacial score (nSPS) is 10.5. The molecule has 28 heavy (non-hydrogen) atoms. The van der Waals surface area contributed by atoms with Crippen molar-refractivity contribution in [3.63, 3.8) is 0 Å². The number of nitrogen functional groups attached to an aromatic ring is 1. The molecule has 0 aliphatic carbocycles. The monoisotopic (exact) mass is 397 g/mol. The molecule has 6 nitrogen and oxygen atoms in total. The topological polar surface area (TPSA) is 96.7 Å². The van der Waals surface area contributed by atoms with Crippen LogP contribution in [0.4, 0.5) is 10.2 Å². The number of nitriles is 1. The second kappa shape index (κ2) is 8.55. The number of benzene rings is 2. The van der Waals surface area contributed by atoms with Crippen LogP contribution in [-0.4, -0.2) is 22.2 Å². The molecule has 0 saturated carbocycles. The van der Waals surface area contributed by atoms with E-state index in [1.807, 2.05) is 30.3 Å². The lowest BCUT2D eigenvalue weighted by Crippen LogP contribution is -2.25. The molecule has 0 spiro atoms. The van der Waals surface area contributed by atoms with Crippen LogP contribution in [0.3, 0.4) is 0 Å². The maximum Gasteiger partial charge on any atom is 0.254 e. The molecule has 142 valence electrons. The number of para-hydroxylation sites is 1. The zero-order chi connectivity index (χ0) is 20.1. The van der Waals surface area contributed by atoms with Gasteiger partial charge in [0, 0.05) is 11.6 Å². The molecule has 0 unspecified atom stereocenters. The number of amides is 1. The maximum atomic E-state index is 13.8. The van der Waals surface area contributed by atoms with Crippen molar-refractivity contribution in [1.82, 2.24) is 15.1 Å². The number of hydrogen-bond donors (Lipinski definition) is 2. The lowest BCUT2D eigenvalue weighted by Gasteiger charge is -2.06. The van der Waals surface area contributed by atoms with Gasteiger partial charge in [-0.3, -0.25) is 4.79 Å². The van der Waals surface area contributed by atoms with Crippen LogP contribution in [-0.2, 0) is 6.42 Å². The summed E-state index contributed by atoms with van der Waals surface area (Å²) in [6.07, 6.45) is 0.956. The van der Waals surface area contributed by atoms with E-state index in [4.69, 9.17) is 17.3 Å². The van der Waals surface area contributed by atoms with Gasteiger partial charge < -0.3 is 11.1 Å². The summed E-state index contributed by atoms with van der Waals surface area (Å²) >= 11 is 5.69. The highest BCUT2D eigenvalue weighted by Gasteiger charge is 2.16. The molecule has 3 N–H and O–H groups in total. The summed E-state index contributed by atoms with van der Waals surface area (Å²) < 4.78 is 15.3. The predicted molar refractivity (Wildman–Crippen MR) is 105 cm³/mol.